The molecule has 3 rings (SSSR count). The summed E-state index contributed by atoms with van der Waals surface area (Å²) in [5, 5.41) is 3.57. The van der Waals surface area contributed by atoms with Crippen LogP contribution in [0.1, 0.15) is 32.1 Å². The predicted molar refractivity (Wildman–Crippen MR) is 106 cm³/mol. The van der Waals surface area contributed by atoms with Crippen molar-refractivity contribution in [3.05, 3.63) is 48.2 Å². The Bertz CT molecular complexity index is 949. The molecule has 0 atom stereocenters. The van der Waals surface area contributed by atoms with Gasteiger partial charge in [0.25, 0.3) is 0 Å². The molecule has 1 N–H and O–H groups in total. The van der Waals surface area contributed by atoms with E-state index < -0.39 is 10.0 Å². The Morgan fingerprint density at radius 2 is 2.04 bits per heavy atom. The smallest absolute Gasteiger partial charge is 0.245 e. The molecule has 0 aliphatic heterocycles. The molecule has 6 nitrogen and oxygen atoms in total. The molecular formula is C20H25N3O3S. The van der Waals surface area contributed by atoms with Crippen molar-refractivity contribution in [2.45, 2.75) is 37.0 Å². The van der Waals surface area contributed by atoms with Crippen molar-refractivity contribution in [2.75, 3.05) is 20.1 Å². The van der Waals surface area contributed by atoms with Crippen LogP contribution in [0.15, 0.2) is 53.1 Å². The number of benzene rings is 1. The summed E-state index contributed by atoms with van der Waals surface area (Å²) in [6.07, 6.45) is 9.30. The molecule has 0 saturated carbocycles. The lowest BCUT2D eigenvalue weighted by atomic mass is 9.97. The van der Waals surface area contributed by atoms with Gasteiger partial charge in [0.2, 0.25) is 15.9 Å². The lowest BCUT2D eigenvalue weighted by Gasteiger charge is -2.18. The number of pyridine rings is 1. The topological polar surface area (TPSA) is 79.4 Å². The van der Waals surface area contributed by atoms with Crippen molar-refractivity contribution in [1.82, 2.24) is 14.6 Å². The second kappa shape index (κ2) is 8.63. The van der Waals surface area contributed by atoms with E-state index in [2.05, 4.69) is 16.4 Å². The molecule has 27 heavy (non-hydrogen) atoms. The maximum Gasteiger partial charge on any atom is 0.245 e. The van der Waals surface area contributed by atoms with Crippen LogP contribution in [0.25, 0.3) is 10.9 Å². The molecule has 0 bridgehead atoms. The molecule has 1 aliphatic rings. The van der Waals surface area contributed by atoms with Crippen molar-refractivity contribution in [3.8, 4) is 0 Å². The first kappa shape index (κ1) is 19.5. The summed E-state index contributed by atoms with van der Waals surface area (Å²) in [6, 6.07) is 8.59. The second-order valence-electron chi connectivity index (χ2n) is 6.80. The van der Waals surface area contributed by atoms with Crippen LogP contribution in [0.2, 0.25) is 0 Å². The normalized spacial score (nSPS) is 15.0. The Kier molecular flexibility index (Phi) is 6.23. The number of rotatable bonds is 7. The van der Waals surface area contributed by atoms with E-state index in [1.54, 1.807) is 18.3 Å². The number of aromatic nitrogens is 1. The largest absolute Gasteiger partial charge is 0.355 e. The van der Waals surface area contributed by atoms with Crippen LogP contribution in [-0.4, -0.2) is 43.8 Å². The van der Waals surface area contributed by atoms with Crippen LogP contribution in [0, 0.1) is 0 Å². The number of nitrogens with one attached hydrogen (secondary N) is 1. The van der Waals surface area contributed by atoms with Gasteiger partial charge in [0.1, 0.15) is 4.90 Å². The van der Waals surface area contributed by atoms with Gasteiger partial charge in [-0.15, -0.1) is 0 Å². The maximum absolute atomic E-state index is 12.9. The number of allylic oxidation sites excluding steroid dienone is 1. The highest BCUT2D eigenvalue weighted by Crippen LogP contribution is 2.23. The highest BCUT2D eigenvalue weighted by Gasteiger charge is 2.25. The summed E-state index contributed by atoms with van der Waals surface area (Å²) in [5.74, 6) is -0.300. The van der Waals surface area contributed by atoms with Crippen molar-refractivity contribution in [3.63, 3.8) is 0 Å². The van der Waals surface area contributed by atoms with Crippen molar-refractivity contribution < 1.29 is 13.2 Å². The molecule has 0 fully saturated rings. The Labute approximate surface area is 160 Å². The summed E-state index contributed by atoms with van der Waals surface area (Å²) in [6.45, 7) is 0.318. The van der Waals surface area contributed by atoms with E-state index >= 15 is 0 Å². The molecular weight excluding hydrogens is 362 g/mol. The van der Waals surface area contributed by atoms with E-state index in [1.165, 1.54) is 31.5 Å². The number of fused-ring (bicyclic) bond motifs is 1. The van der Waals surface area contributed by atoms with E-state index in [-0.39, 0.29) is 17.3 Å². The van der Waals surface area contributed by atoms with Crippen molar-refractivity contribution >= 4 is 26.8 Å². The lowest BCUT2D eigenvalue weighted by Crippen LogP contribution is -2.38. The van der Waals surface area contributed by atoms with Gasteiger partial charge in [-0.25, -0.2) is 8.42 Å². The van der Waals surface area contributed by atoms with Crippen LogP contribution < -0.4 is 5.32 Å². The molecule has 7 heteroatoms. The molecule has 2 aromatic rings. The molecule has 0 spiro atoms. The molecule has 0 saturated heterocycles. The second-order valence-corrected chi connectivity index (χ2v) is 8.81. The van der Waals surface area contributed by atoms with Gasteiger partial charge < -0.3 is 5.32 Å². The third kappa shape index (κ3) is 4.73. The zero-order valence-electron chi connectivity index (χ0n) is 15.5. The monoisotopic (exact) mass is 387 g/mol. The fraction of sp³-hybridized carbons (Fsp3) is 0.400. The minimum absolute atomic E-state index is 0.114. The molecule has 144 valence electrons. The number of carbonyl (C=O) groups excluding carboxylic acids is 1. The SMILES string of the molecule is CN(CC(=O)NCCC1=CCCCC1)S(=O)(=O)c1cccc2cccnc12. The molecule has 1 aromatic carbocycles. The van der Waals surface area contributed by atoms with Gasteiger partial charge >= 0.3 is 0 Å². The number of amides is 1. The first-order chi connectivity index (χ1) is 13.0. The minimum Gasteiger partial charge on any atom is -0.355 e. The quantitative estimate of drug-likeness (QED) is 0.741. The average molecular weight is 388 g/mol. The Hall–Kier alpha value is -2.25. The summed E-state index contributed by atoms with van der Waals surface area (Å²) in [5.41, 5.74) is 1.79. The number of likely N-dealkylation sites (N-methyl/N-ethyl adjacent to an activating group) is 1. The first-order valence-corrected chi connectivity index (χ1v) is 10.7. The third-order valence-electron chi connectivity index (χ3n) is 4.80. The van der Waals surface area contributed by atoms with Crippen LogP contribution in [0.3, 0.4) is 0 Å². The molecule has 1 aromatic heterocycles. The third-order valence-corrected chi connectivity index (χ3v) is 6.64. The van der Waals surface area contributed by atoms with Crippen molar-refractivity contribution in [2.24, 2.45) is 0 Å². The molecule has 1 amide bonds. The van der Waals surface area contributed by atoms with Gasteiger partial charge in [-0.2, -0.15) is 4.31 Å². The van der Waals surface area contributed by atoms with Gasteiger partial charge in [0, 0.05) is 25.2 Å². The summed E-state index contributed by atoms with van der Waals surface area (Å²) >= 11 is 0. The highest BCUT2D eigenvalue weighted by atomic mass is 32.2. The number of para-hydroxylation sites is 1. The van der Waals surface area contributed by atoms with E-state index in [4.69, 9.17) is 0 Å². The predicted octanol–water partition coefficient (Wildman–Crippen LogP) is 2.86. The fourth-order valence-electron chi connectivity index (χ4n) is 3.29. The number of hydrogen-bond acceptors (Lipinski definition) is 4. The number of nitrogens with zero attached hydrogens (tertiary/aromatic N) is 2. The Morgan fingerprint density at radius 1 is 1.22 bits per heavy atom. The zero-order valence-corrected chi connectivity index (χ0v) is 16.3. The lowest BCUT2D eigenvalue weighted by molar-refractivity contribution is -0.121. The van der Waals surface area contributed by atoms with Crippen LogP contribution >= 0.6 is 0 Å². The summed E-state index contributed by atoms with van der Waals surface area (Å²) in [4.78, 5) is 16.5. The van der Waals surface area contributed by atoms with Crippen LogP contribution in [0.4, 0.5) is 0 Å². The van der Waals surface area contributed by atoms with Gasteiger partial charge in [-0.1, -0.05) is 29.8 Å². The first-order valence-electron chi connectivity index (χ1n) is 9.23. The van der Waals surface area contributed by atoms with Crippen LogP contribution in [0.5, 0.6) is 0 Å². The number of sulfonamides is 1. The average Bonchev–Trinajstić information content (AvgIpc) is 2.68. The van der Waals surface area contributed by atoms with E-state index in [9.17, 15) is 13.2 Å². The molecule has 1 aliphatic carbocycles. The van der Waals surface area contributed by atoms with E-state index in [1.807, 2.05) is 12.1 Å². The Morgan fingerprint density at radius 3 is 2.81 bits per heavy atom. The van der Waals surface area contributed by atoms with Gasteiger partial charge in [0.15, 0.2) is 0 Å². The van der Waals surface area contributed by atoms with Crippen molar-refractivity contribution in [1.29, 1.82) is 0 Å². The molecule has 0 unspecified atom stereocenters. The van der Waals surface area contributed by atoms with Gasteiger partial charge in [0.05, 0.1) is 12.1 Å². The zero-order chi connectivity index (χ0) is 19.3. The Balaban J connectivity index is 1.62. The summed E-state index contributed by atoms with van der Waals surface area (Å²) < 4.78 is 26.9. The minimum atomic E-state index is -3.81. The summed E-state index contributed by atoms with van der Waals surface area (Å²) in [7, 11) is -2.39. The molecule has 1 heterocycles. The molecule has 0 radical (unpaired) electrons. The van der Waals surface area contributed by atoms with E-state index in [0.717, 1.165) is 29.0 Å². The van der Waals surface area contributed by atoms with Gasteiger partial charge in [-0.3, -0.25) is 9.78 Å². The number of carbonyl (C=O) groups is 1. The highest BCUT2D eigenvalue weighted by molar-refractivity contribution is 7.89. The van der Waals surface area contributed by atoms with E-state index in [0.29, 0.717) is 12.1 Å². The standard InChI is InChI=1S/C20H25N3O3S/c1-23(15-19(24)21-14-12-16-7-3-2-4-8-16)27(25,26)18-11-5-9-17-10-6-13-22-20(17)18/h5-7,9-11,13H,2-4,8,12,14-15H2,1H3,(H,21,24). The maximum atomic E-state index is 12.9. The van der Waals surface area contributed by atoms with Gasteiger partial charge in [-0.05, 0) is 44.2 Å². The fourth-order valence-corrected chi connectivity index (χ4v) is 4.58. The number of hydrogen-bond donors (Lipinski definition) is 1. The van der Waals surface area contributed by atoms with Crippen LogP contribution in [-0.2, 0) is 14.8 Å².